The normalized spacial score (nSPS) is 27.6. The number of hydrogen-bond acceptors (Lipinski definition) is 4. The predicted molar refractivity (Wildman–Crippen MR) is 110 cm³/mol. The third kappa shape index (κ3) is 8.70. The Kier molecular flexibility index (Phi) is 10.5. The molecule has 0 heterocycles. The monoisotopic (exact) mass is 396 g/mol. The van der Waals surface area contributed by atoms with E-state index in [1.54, 1.807) is 0 Å². The van der Waals surface area contributed by atoms with Gasteiger partial charge in [-0.1, -0.05) is 39.5 Å². The highest BCUT2D eigenvalue weighted by molar-refractivity contribution is 5.67. The van der Waals surface area contributed by atoms with Crippen LogP contribution in [0.1, 0.15) is 90.9 Å². The van der Waals surface area contributed by atoms with Gasteiger partial charge in [-0.2, -0.15) is 0 Å². The molecule has 6 nitrogen and oxygen atoms in total. The Balaban J connectivity index is 1.41. The Morgan fingerprint density at radius 2 is 1.07 bits per heavy atom. The van der Waals surface area contributed by atoms with Gasteiger partial charge in [0, 0.05) is 13.1 Å². The van der Waals surface area contributed by atoms with Gasteiger partial charge >= 0.3 is 12.2 Å². The molecule has 162 valence electrons. The average molecular weight is 397 g/mol. The number of carbonyl (C=O) groups is 2. The van der Waals surface area contributed by atoms with Crippen molar-refractivity contribution >= 4 is 12.2 Å². The largest absolute Gasteiger partial charge is 0.446 e. The van der Waals surface area contributed by atoms with Crippen LogP contribution in [0.25, 0.3) is 0 Å². The molecule has 28 heavy (non-hydrogen) atoms. The van der Waals surface area contributed by atoms with Crippen LogP contribution in [0.2, 0.25) is 0 Å². The molecule has 2 fully saturated rings. The van der Waals surface area contributed by atoms with E-state index in [0.717, 1.165) is 64.2 Å². The van der Waals surface area contributed by atoms with Crippen molar-refractivity contribution in [3.05, 3.63) is 0 Å². The Hall–Kier alpha value is -1.46. The van der Waals surface area contributed by atoms with Gasteiger partial charge < -0.3 is 20.1 Å². The van der Waals surface area contributed by atoms with E-state index in [9.17, 15) is 9.59 Å². The van der Waals surface area contributed by atoms with E-state index in [0.29, 0.717) is 24.9 Å². The lowest BCUT2D eigenvalue weighted by Crippen LogP contribution is -2.34. The maximum atomic E-state index is 11.9. The molecule has 4 atom stereocenters. The van der Waals surface area contributed by atoms with E-state index in [4.69, 9.17) is 9.47 Å². The molecule has 2 N–H and O–H groups in total. The fourth-order valence-corrected chi connectivity index (χ4v) is 4.26. The molecule has 2 aliphatic rings. The first kappa shape index (κ1) is 22.8. The molecule has 2 aliphatic carbocycles. The molecule has 0 aliphatic heterocycles. The lowest BCUT2D eigenvalue weighted by molar-refractivity contribution is 0.0429. The number of unbranched alkanes of at least 4 members (excludes halogenated alkanes) is 3. The fraction of sp³-hybridized carbons (Fsp3) is 0.909. The SMILES string of the molecule is C[C@@H]1CCCC[C@H]1OC(=O)NCCCCCCNC(=O)O[C@@H]1CCCC[C@@H]1C. The molecule has 0 bridgehead atoms. The van der Waals surface area contributed by atoms with Gasteiger partial charge in [0.15, 0.2) is 0 Å². The van der Waals surface area contributed by atoms with Crippen molar-refractivity contribution in [2.45, 2.75) is 103 Å². The number of nitrogens with one attached hydrogen (secondary N) is 2. The van der Waals surface area contributed by atoms with Crippen LogP contribution in [-0.2, 0) is 9.47 Å². The van der Waals surface area contributed by atoms with Crippen molar-refractivity contribution in [3.63, 3.8) is 0 Å². The predicted octanol–water partition coefficient (Wildman–Crippen LogP) is 5.16. The van der Waals surface area contributed by atoms with Crippen LogP contribution < -0.4 is 10.6 Å². The highest BCUT2D eigenvalue weighted by atomic mass is 16.6. The summed E-state index contributed by atoms with van der Waals surface area (Å²) in [6.07, 6.45) is 12.6. The minimum absolute atomic E-state index is 0.0798. The van der Waals surface area contributed by atoms with Crippen LogP contribution in [0, 0.1) is 11.8 Å². The van der Waals surface area contributed by atoms with Crippen LogP contribution in [0.4, 0.5) is 9.59 Å². The molecule has 2 saturated carbocycles. The third-order valence-electron chi connectivity index (χ3n) is 6.22. The zero-order valence-corrected chi connectivity index (χ0v) is 17.8. The minimum Gasteiger partial charge on any atom is -0.446 e. The number of alkyl carbamates (subject to hydrolysis) is 2. The maximum absolute atomic E-state index is 11.9. The summed E-state index contributed by atoms with van der Waals surface area (Å²) in [6, 6.07) is 0. The molecular formula is C22H40N2O4. The molecule has 0 aromatic heterocycles. The van der Waals surface area contributed by atoms with Crippen LogP contribution in [0.15, 0.2) is 0 Å². The fourth-order valence-electron chi connectivity index (χ4n) is 4.26. The molecule has 6 heteroatoms. The van der Waals surface area contributed by atoms with E-state index in [2.05, 4.69) is 24.5 Å². The number of rotatable bonds is 9. The molecule has 0 aromatic rings. The van der Waals surface area contributed by atoms with Crippen molar-refractivity contribution in [2.75, 3.05) is 13.1 Å². The summed E-state index contributed by atoms with van der Waals surface area (Å²) in [4.78, 5) is 23.7. The molecule has 0 unspecified atom stereocenters. The molecule has 0 saturated heterocycles. The summed E-state index contributed by atoms with van der Waals surface area (Å²) >= 11 is 0. The van der Waals surface area contributed by atoms with E-state index in [1.165, 1.54) is 12.8 Å². The third-order valence-corrected chi connectivity index (χ3v) is 6.22. The van der Waals surface area contributed by atoms with Gasteiger partial charge in [-0.25, -0.2) is 9.59 Å². The molecule has 0 aromatic carbocycles. The Labute approximate surface area is 170 Å². The first-order chi connectivity index (χ1) is 13.6. The second kappa shape index (κ2) is 12.9. The van der Waals surface area contributed by atoms with Crippen LogP contribution in [0.3, 0.4) is 0 Å². The van der Waals surface area contributed by atoms with E-state index in [-0.39, 0.29) is 24.4 Å². The van der Waals surface area contributed by atoms with E-state index >= 15 is 0 Å². The first-order valence-electron chi connectivity index (χ1n) is 11.4. The highest BCUT2D eigenvalue weighted by Crippen LogP contribution is 2.27. The molecule has 0 spiro atoms. The molecular weight excluding hydrogens is 356 g/mol. The second-order valence-corrected chi connectivity index (χ2v) is 8.68. The van der Waals surface area contributed by atoms with Crippen molar-refractivity contribution in [2.24, 2.45) is 11.8 Å². The zero-order chi connectivity index (χ0) is 20.2. The van der Waals surface area contributed by atoms with Crippen molar-refractivity contribution in [3.8, 4) is 0 Å². The topological polar surface area (TPSA) is 76.7 Å². The maximum Gasteiger partial charge on any atom is 0.407 e. The van der Waals surface area contributed by atoms with E-state index < -0.39 is 0 Å². The Bertz CT molecular complexity index is 429. The van der Waals surface area contributed by atoms with Crippen molar-refractivity contribution in [1.29, 1.82) is 0 Å². The van der Waals surface area contributed by atoms with Crippen molar-refractivity contribution in [1.82, 2.24) is 10.6 Å². The zero-order valence-electron chi connectivity index (χ0n) is 17.8. The standard InChI is InChI=1S/C22H40N2O4/c1-17-11-5-7-13-19(17)27-21(25)23-15-9-3-4-10-16-24-22(26)28-20-14-8-6-12-18(20)2/h17-20H,3-16H2,1-2H3,(H,23,25)(H,24,26)/t17-,18+,19-,20-/m1/s1. The summed E-state index contributed by atoms with van der Waals surface area (Å²) in [7, 11) is 0. The van der Waals surface area contributed by atoms with Gasteiger partial charge in [-0.05, 0) is 63.2 Å². The number of hydrogen-bond donors (Lipinski definition) is 2. The van der Waals surface area contributed by atoms with Crippen LogP contribution in [0.5, 0.6) is 0 Å². The molecule has 2 amide bonds. The lowest BCUT2D eigenvalue weighted by Gasteiger charge is -2.28. The summed E-state index contributed by atoms with van der Waals surface area (Å²) in [6.45, 7) is 5.62. The summed E-state index contributed by atoms with van der Waals surface area (Å²) in [5, 5.41) is 5.72. The van der Waals surface area contributed by atoms with Crippen LogP contribution in [-0.4, -0.2) is 37.5 Å². The minimum atomic E-state index is -0.278. The molecule has 2 rings (SSSR count). The summed E-state index contributed by atoms with van der Waals surface area (Å²) in [5.74, 6) is 0.944. The van der Waals surface area contributed by atoms with Gasteiger partial charge in [0.2, 0.25) is 0 Å². The van der Waals surface area contributed by atoms with Gasteiger partial charge in [0.25, 0.3) is 0 Å². The number of amides is 2. The number of carbonyl (C=O) groups excluding carboxylic acids is 2. The Morgan fingerprint density at radius 3 is 1.46 bits per heavy atom. The van der Waals surface area contributed by atoms with Crippen molar-refractivity contribution < 1.29 is 19.1 Å². The first-order valence-corrected chi connectivity index (χ1v) is 11.4. The molecule has 0 radical (unpaired) electrons. The van der Waals surface area contributed by atoms with Gasteiger partial charge in [-0.15, -0.1) is 0 Å². The Morgan fingerprint density at radius 1 is 0.679 bits per heavy atom. The van der Waals surface area contributed by atoms with Gasteiger partial charge in [0.05, 0.1) is 0 Å². The van der Waals surface area contributed by atoms with Crippen LogP contribution >= 0.6 is 0 Å². The quantitative estimate of drug-likeness (QED) is 0.528. The van der Waals surface area contributed by atoms with Gasteiger partial charge in [-0.3, -0.25) is 0 Å². The number of ether oxygens (including phenoxy) is 2. The lowest BCUT2D eigenvalue weighted by atomic mass is 9.88. The summed E-state index contributed by atoms with van der Waals surface area (Å²) in [5.41, 5.74) is 0. The highest BCUT2D eigenvalue weighted by Gasteiger charge is 2.25. The smallest absolute Gasteiger partial charge is 0.407 e. The second-order valence-electron chi connectivity index (χ2n) is 8.68. The van der Waals surface area contributed by atoms with Gasteiger partial charge in [0.1, 0.15) is 12.2 Å². The van der Waals surface area contributed by atoms with E-state index in [1.807, 2.05) is 0 Å². The summed E-state index contributed by atoms with van der Waals surface area (Å²) < 4.78 is 11.1. The average Bonchev–Trinajstić information content (AvgIpc) is 2.67.